The Bertz CT molecular complexity index is 2630. The number of anilines is 6. The molecule has 0 aromatic heterocycles. The lowest BCUT2D eigenvalue weighted by Gasteiger charge is -2.26. The molecule has 238 valence electrons. The largest absolute Gasteiger partial charge is 0.311 e. The Morgan fingerprint density at radius 1 is 0.220 bits per heavy atom. The van der Waals surface area contributed by atoms with Crippen molar-refractivity contribution in [3.05, 3.63) is 218 Å². The highest BCUT2D eigenvalue weighted by Gasteiger charge is 2.14. The van der Waals surface area contributed by atoms with Gasteiger partial charge in [0, 0.05) is 34.1 Å². The molecule has 0 fully saturated rings. The van der Waals surface area contributed by atoms with Crippen molar-refractivity contribution in [1.82, 2.24) is 0 Å². The molecule has 0 aliphatic rings. The van der Waals surface area contributed by atoms with Crippen LogP contribution >= 0.6 is 0 Å². The van der Waals surface area contributed by atoms with Crippen LogP contribution in [0, 0.1) is 0 Å². The molecule has 0 saturated carbocycles. The van der Waals surface area contributed by atoms with Crippen molar-refractivity contribution in [2.24, 2.45) is 0 Å². The van der Waals surface area contributed by atoms with Gasteiger partial charge in [-0.25, -0.2) is 0 Å². The van der Waals surface area contributed by atoms with Gasteiger partial charge >= 0.3 is 0 Å². The molecule has 8 rings (SSSR count). The molecule has 0 heterocycles. The lowest BCUT2D eigenvalue weighted by Crippen LogP contribution is -2.09. The SMILES string of the molecule is [2H]c1c([2H])c(-c2c([2H])c([2H])c(N(c3ccccc3)c3ccc(-c4ccccc4)cc3)c([2H])c2[2H])c([2H])c([2H])c1-c1ccc(N(c2ccccc2)c2ccccc2)cc1. The Balaban J connectivity index is 1.21. The van der Waals surface area contributed by atoms with Gasteiger partial charge in [0.1, 0.15) is 0 Å². The molecule has 0 N–H and O–H groups in total. The third-order valence-electron chi connectivity index (χ3n) is 8.40. The summed E-state index contributed by atoms with van der Waals surface area (Å²) in [5.41, 5.74) is 5.83. The van der Waals surface area contributed by atoms with Crippen molar-refractivity contribution >= 4 is 34.1 Å². The van der Waals surface area contributed by atoms with E-state index in [0.717, 1.165) is 28.2 Å². The predicted molar refractivity (Wildman–Crippen MR) is 212 cm³/mol. The highest BCUT2D eigenvalue weighted by molar-refractivity contribution is 5.81. The second-order valence-corrected chi connectivity index (χ2v) is 11.6. The lowest BCUT2D eigenvalue weighted by molar-refractivity contribution is 1.28. The summed E-state index contributed by atoms with van der Waals surface area (Å²) >= 11 is 0. The fourth-order valence-electron chi connectivity index (χ4n) is 5.92. The first-order valence-electron chi connectivity index (χ1n) is 20.4. The van der Waals surface area contributed by atoms with Crippen molar-refractivity contribution in [2.45, 2.75) is 0 Å². The predicted octanol–water partition coefficient (Wildman–Crippen LogP) is 13.6. The molecule has 0 spiro atoms. The second kappa shape index (κ2) is 14.2. The molecule has 0 unspecified atom stereocenters. The minimum atomic E-state index is -0.474. The molecule has 0 radical (unpaired) electrons. The molecular formula is C48H36N2. The van der Waals surface area contributed by atoms with Crippen LogP contribution in [0.25, 0.3) is 33.4 Å². The molecule has 2 heteroatoms. The smallest absolute Gasteiger partial charge is 0.0645 e. The zero-order valence-corrected chi connectivity index (χ0v) is 27.1. The lowest BCUT2D eigenvalue weighted by atomic mass is 9.99. The summed E-state index contributed by atoms with van der Waals surface area (Å²) in [5, 5.41) is 0. The molecule has 8 aromatic rings. The number of nitrogens with zero attached hydrogens (tertiary/aromatic N) is 2. The molecular weight excluding hydrogens is 605 g/mol. The third kappa shape index (κ3) is 6.56. The van der Waals surface area contributed by atoms with Gasteiger partial charge in [0.15, 0.2) is 0 Å². The van der Waals surface area contributed by atoms with Crippen molar-refractivity contribution in [2.75, 3.05) is 9.80 Å². The number of benzene rings is 8. The quantitative estimate of drug-likeness (QED) is 0.154. The molecule has 0 aliphatic carbocycles. The van der Waals surface area contributed by atoms with E-state index in [1.165, 1.54) is 0 Å². The van der Waals surface area contributed by atoms with Crippen LogP contribution < -0.4 is 9.80 Å². The first kappa shape index (κ1) is 22.8. The molecule has 0 aliphatic heterocycles. The summed E-state index contributed by atoms with van der Waals surface area (Å²) in [7, 11) is 0. The van der Waals surface area contributed by atoms with E-state index >= 15 is 0 Å². The van der Waals surface area contributed by atoms with Gasteiger partial charge in [0.2, 0.25) is 0 Å². The van der Waals surface area contributed by atoms with Gasteiger partial charge in [0.25, 0.3) is 0 Å². The van der Waals surface area contributed by atoms with Crippen molar-refractivity contribution in [1.29, 1.82) is 0 Å². The molecule has 0 saturated heterocycles. The third-order valence-corrected chi connectivity index (χ3v) is 8.40. The number of hydrogen-bond donors (Lipinski definition) is 0. The van der Waals surface area contributed by atoms with E-state index in [2.05, 4.69) is 4.90 Å². The second-order valence-electron chi connectivity index (χ2n) is 11.6. The van der Waals surface area contributed by atoms with Crippen LogP contribution in [0.5, 0.6) is 0 Å². The van der Waals surface area contributed by atoms with Gasteiger partial charge in [-0.05, 0) is 106 Å². The van der Waals surface area contributed by atoms with E-state index in [9.17, 15) is 5.48 Å². The standard InChI is InChI=1S/C48H36N2/c1-5-13-37(14-6-1)40-25-31-47(32-26-40)50(45-19-11-4-12-20-45)48-35-29-42(30-36-48)39-23-21-38(22-24-39)41-27-33-46(34-28-41)49(43-15-7-2-8-16-43)44-17-9-3-10-18-44/h1-36H/i21D,22D,23D,24D,29D,30D,35D,36D. The maximum Gasteiger partial charge on any atom is 0.0645 e. The molecule has 8 aromatic carbocycles. The highest BCUT2D eigenvalue weighted by atomic mass is 15.1. The van der Waals surface area contributed by atoms with Crippen LogP contribution in [0.1, 0.15) is 11.0 Å². The first-order chi connectivity index (χ1) is 28.2. The minimum absolute atomic E-state index is 0.00979. The zero-order valence-electron chi connectivity index (χ0n) is 35.1. The van der Waals surface area contributed by atoms with Crippen molar-refractivity contribution in [3.63, 3.8) is 0 Å². The van der Waals surface area contributed by atoms with Gasteiger partial charge in [-0.1, -0.05) is 145 Å². The Morgan fingerprint density at radius 3 is 0.880 bits per heavy atom. The maximum atomic E-state index is 9.28. The van der Waals surface area contributed by atoms with Crippen LogP contribution in [0.4, 0.5) is 34.1 Å². The molecule has 0 atom stereocenters. The normalized spacial score (nSPS) is 13.0. The van der Waals surface area contributed by atoms with E-state index in [-0.39, 0.29) is 46.5 Å². The van der Waals surface area contributed by atoms with Crippen LogP contribution in [-0.4, -0.2) is 0 Å². The Labute approximate surface area is 306 Å². The minimum Gasteiger partial charge on any atom is -0.311 e. The topological polar surface area (TPSA) is 6.48 Å². The zero-order chi connectivity index (χ0) is 40.5. The summed E-state index contributed by atoms with van der Waals surface area (Å²) in [6, 6.07) is 50.3. The van der Waals surface area contributed by atoms with Crippen molar-refractivity contribution in [3.8, 4) is 33.4 Å². The summed E-state index contributed by atoms with van der Waals surface area (Å²) in [6.45, 7) is 0. The fourth-order valence-corrected chi connectivity index (χ4v) is 5.92. The van der Waals surface area contributed by atoms with Gasteiger partial charge in [-0.3, -0.25) is 0 Å². The maximum absolute atomic E-state index is 9.28. The van der Waals surface area contributed by atoms with Crippen LogP contribution in [-0.2, 0) is 0 Å². The Kier molecular flexibility index (Phi) is 6.50. The van der Waals surface area contributed by atoms with Gasteiger partial charge in [0.05, 0.1) is 11.0 Å². The van der Waals surface area contributed by atoms with E-state index in [1.807, 2.05) is 158 Å². The summed E-state index contributed by atoms with van der Waals surface area (Å²) in [5.74, 6) is 0. The summed E-state index contributed by atoms with van der Waals surface area (Å²) in [6.07, 6.45) is 0. The number of rotatable bonds is 9. The molecule has 50 heavy (non-hydrogen) atoms. The average molecular weight is 649 g/mol. The fraction of sp³-hybridized carbons (Fsp3) is 0. The van der Waals surface area contributed by atoms with Crippen LogP contribution in [0.2, 0.25) is 0 Å². The Morgan fingerprint density at radius 2 is 0.480 bits per heavy atom. The van der Waals surface area contributed by atoms with Crippen LogP contribution in [0.15, 0.2) is 218 Å². The molecule has 0 amide bonds. The van der Waals surface area contributed by atoms with E-state index in [4.69, 9.17) is 5.48 Å². The monoisotopic (exact) mass is 648 g/mol. The van der Waals surface area contributed by atoms with Gasteiger partial charge in [-0.2, -0.15) is 0 Å². The van der Waals surface area contributed by atoms with E-state index in [0.29, 0.717) is 16.9 Å². The molecule has 0 bridgehead atoms. The average Bonchev–Trinajstić information content (AvgIpc) is 3.27. The summed E-state index contributed by atoms with van der Waals surface area (Å²) in [4.78, 5) is 3.74. The Hall–Kier alpha value is -6.64. The van der Waals surface area contributed by atoms with E-state index < -0.39 is 24.2 Å². The van der Waals surface area contributed by atoms with Crippen molar-refractivity contribution < 1.29 is 11.0 Å². The van der Waals surface area contributed by atoms with E-state index in [1.54, 1.807) is 17.0 Å². The number of hydrogen-bond acceptors (Lipinski definition) is 2. The first-order valence-corrected chi connectivity index (χ1v) is 16.4. The van der Waals surface area contributed by atoms with Crippen LogP contribution in [0.3, 0.4) is 0 Å². The van der Waals surface area contributed by atoms with Gasteiger partial charge < -0.3 is 9.80 Å². The highest BCUT2D eigenvalue weighted by Crippen LogP contribution is 2.38. The molecule has 2 nitrogen and oxygen atoms in total. The summed E-state index contributed by atoms with van der Waals surface area (Å²) < 4.78 is 73.5. The van der Waals surface area contributed by atoms with Gasteiger partial charge in [-0.15, -0.1) is 0 Å². The number of para-hydroxylation sites is 3.